The van der Waals surface area contributed by atoms with Gasteiger partial charge in [-0.3, -0.25) is 4.79 Å². The number of carbonyl (C=O) groups is 2. The second-order valence-electron chi connectivity index (χ2n) is 3.96. The van der Waals surface area contributed by atoms with E-state index in [1.165, 1.54) is 7.11 Å². The number of aliphatic carboxylic acids is 1. The van der Waals surface area contributed by atoms with E-state index >= 15 is 0 Å². The molecule has 110 valence electrons. The second kappa shape index (κ2) is 8.39. The molecule has 2 N–H and O–H groups in total. The van der Waals surface area contributed by atoms with Crippen LogP contribution in [0.1, 0.15) is 6.42 Å². The number of carbonyl (C=O) groups excluding carboxylic acids is 1. The molecule has 0 heterocycles. The number of carboxylic acid groups (broad SMARTS) is 1. The molecule has 1 aromatic rings. The molecule has 0 aliphatic carbocycles. The van der Waals surface area contributed by atoms with Crippen LogP contribution in [0.3, 0.4) is 0 Å². The maximum absolute atomic E-state index is 11.6. The van der Waals surface area contributed by atoms with Crippen LogP contribution in [-0.2, 0) is 14.3 Å². The Morgan fingerprint density at radius 1 is 1.40 bits per heavy atom. The number of para-hydroxylation sites is 1. The smallest absolute Gasteiger partial charge is 0.326 e. The second-order valence-corrected chi connectivity index (χ2v) is 4.37. The molecule has 0 bridgehead atoms. The summed E-state index contributed by atoms with van der Waals surface area (Å²) >= 11 is 5.87. The lowest BCUT2D eigenvalue weighted by molar-refractivity contribution is -0.142. The fourth-order valence-electron chi connectivity index (χ4n) is 1.43. The van der Waals surface area contributed by atoms with E-state index in [1.54, 1.807) is 24.3 Å². The number of benzene rings is 1. The molecule has 0 saturated heterocycles. The van der Waals surface area contributed by atoms with E-state index in [2.05, 4.69) is 5.32 Å². The molecule has 20 heavy (non-hydrogen) atoms. The molecule has 7 heteroatoms. The first kappa shape index (κ1) is 16.3. The summed E-state index contributed by atoms with van der Waals surface area (Å²) < 4.78 is 10.0. The van der Waals surface area contributed by atoms with Gasteiger partial charge in [-0.1, -0.05) is 23.7 Å². The average Bonchev–Trinajstić information content (AvgIpc) is 2.42. The fourth-order valence-corrected chi connectivity index (χ4v) is 1.62. The highest BCUT2D eigenvalue weighted by Gasteiger charge is 2.19. The molecule has 1 unspecified atom stereocenters. The molecule has 1 aromatic carbocycles. The minimum Gasteiger partial charge on any atom is -0.482 e. The van der Waals surface area contributed by atoms with Crippen LogP contribution in [0, 0.1) is 0 Å². The Balaban J connectivity index is 2.46. The number of rotatable bonds is 8. The van der Waals surface area contributed by atoms with Gasteiger partial charge < -0.3 is 19.9 Å². The fraction of sp³-hybridized carbons (Fsp3) is 0.385. The third-order valence-corrected chi connectivity index (χ3v) is 2.75. The number of nitrogens with one attached hydrogen (secondary N) is 1. The van der Waals surface area contributed by atoms with Gasteiger partial charge in [-0.2, -0.15) is 0 Å². The summed E-state index contributed by atoms with van der Waals surface area (Å²) in [4.78, 5) is 22.6. The zero-order chi connectivity index (χ0) is 15.0. The van der Waals surface area contributed by atoms with Gasteiger partial charge in [0.25, 0.3) is 5.91 Å². The maximum atomic E-state index is 11.6. The Bertz CT molecular complexity index is 466. The third kappa shape index (κ3) is 5.46. The summed E-state index contributed by atoms with van der Waals surface area (Å²) in [5.74, 6) is -1.28. The summed E-state index contributed by atoms with van der Waals surface area (Å²) in [6, 6.07) is 5.71. The molecule has 0 saturated carbocycles. The number of methoxy groups -OCH3 is 1. The number of hydrogen-bond donors (Lipinski definition) is 2. The van der Waals surface area contributed by atoms with Crippen LogP contribution in [0.4, 0.5) is 0 Å². The number of halogens is 1. The first-order chi connectivity index (χ1) is 9.54. The predicted octanol–water partition coefficient (Wildman–Crippen LogP) is 1.32. The Labute approximate surface area is 121 Å². The minimum atomic E-state index is -1.12. The zero-order valence-corrected chi connectivity index (χ0v) is 11.7. The molecule has 0 radical (unpaired) electrons. The van der Waals surface area contributed by atoms with Crippen LogP contribution in [0.15, 0.2) is 24.3 Å². The van der Waals surface area contributed by atoms with Gasteiger partial charge >= 0.3 is 5.97 Å². The molecule has 6 nitrogen and oxygen atoms in total. The van der Waals surface area contributed by atoms with Crippen LogP contribution >= 0.6 is 11.6 Å². The summed E-state index contributed by atoms with van der Waals surface area (Å²) in [7, 11) is 1.46. The van der Waals surface area contributed by atoms with Crippen molar-refractivity contribution >= 4 is 23.5 Å². The van der Waals surface area contributed by atoms with Crippen molar-refractivity contribution in [1.29, 1.82) is 0 Å². The molecule has 0 aliphatic rings. The van der Waals surface area contributed by atoms with Gasteiger partial charge in [0.05, 0.1) is 5.02 Å². The van der Waals surface area contributed by atoms with Gasteiger partial charge in [-0.25, -0.2) is 4.79 Å². The first-order valence-electron chi connectivity index (χ1n) is 5.93. The highest BCUT2D eigenvalue weighted by atomic mass is 35.5. The average molecular weight is 302 g/mol. The highest BCUT2D eigenvalue weighted by Crippen LogP contribution is 2.22. The third-order valence-electron chi connectivity index (χ3n) is 2.44. The summed E-state index contributed by atoms with van der Waals surface area (Å²) in [6.45, 7) is -0.0664. The Morgan fingerprint density at radius 2 is 2.10 bits per heavy atom. The normalized spacial score (nSPS) is 11.7. The molecular formula is C13H16ClNO5. The molecule has 0 aromatic heterocycles. The lowest BCUT2D eigenvalue weighted by atomic mass is 10.2. The zero-order valence-electron chi connectivity index (χ0n) is 11.0. The standard InChI is InChI=1S/C13H16ClNO5/c1-19-7-6-10(13(17)18)15-12(16)8-20-11-5-3-2-4-9(11)14/h2-5,10H,6-8H2,1H3,(H,15,16)(H,17,18). The topological polar surface area (TPSA) is 84.9 Å². The Morgan fingerprint density at radius 3 is 2.70 bits per heavy atom. The molecule has 0 aliphatic heterocycles. The molecule has 1 amide bonds. The summed E-state index contributed by atoms with van der Waals surface area (Å²) in [5.41, 5.74) is 0. The van der Waals surface area contributed by atoms with E-state index in [1.807, 2.05) is 0 Å². The van der Waals surface area contributed by atoms with Gasteiger partial charge in [0.1, 0.15) is 11.8 Å². The molecule has 1 rings (SSSR count). The predicted molar refractivity (Wildman–Crippen MR) is 73.0 cm³/mol. The lowest BCUT2D eigenvalue weighted by Gasteiger charge is -2.14. The SMILES string of the molecule is COCCC(NC(=O)COc1ccccc1Cl)C(=O)O. The molecule has 0 spiro atoms. The van der Waals surface area contributed by atoms with E-state index in [0.29, 0.717) is 10.8 Å². The molecule has 1 atom stereocenters. The minimum absolute atomic E-state index is 0.184. The van der Waals surface area contributed by atoms with Gasteiger partial charge in [0, 0.05) is 20.1 Å². The Hall–Kier alpha value is -1.79. The van der Waals surface area contributed by atoms with E-state index in [9.17, 15) is 9.59 Å². The lowest BCUT2D eigenvalue weighted by Crippen LogP contribution is -2.43. The number of ether oxygens (including phenoxy) is 2. The van der Waals surface area contributed by atoms with Crippen molar-refractivity contribution in [2.45, 2.75) is 12.5 Å². The number of amides is 1. The van der Waals surface area contributed by atoms with Gasteiger partial charge in [0.15, 0.2) is 6.61 Å². The van der Waals surface area contributed by atoms with Gasteiger partial charge in [0.2, 0.25) is 0 Å². The maximum Gasteiger partial charge on any atom is 0.326 e. The molecule has 0 fully saturated rings. The Kier molecular flexibility index (Phi) is 6.83. The van der Waals surface area contributed by atoms with Crippen LogP contribution in [0.25, 0.3) is 0 Å². The van der Waals surface area contributed by atoms with Crippen molar-refractivity contribution < 1.29 is 24.2 Å². The van der Waals surface area contributed by atoms with Gasteiger partial charge in [-0.05, 0) is 12.1 Å². The largest absolute Gasteiger partial charge is 0.482 e. The van der Waals surface area contributed by atoms with E-state index in [-0.39, 0.29) is 19.6 Å². The van der Waals surface area contributed by atoms with E-state index in [4.69, 9.17) is 26.2 Å². The number of hydrogen-bond acceptors (Lipinski definition) is 4. The van der Waals surface area contributed by atoms with Crippen molar-refractivity contribution in [2.75, 3.05) is 20.3 Å². The monoisotopic (exact) mass is 301 g/mol. The van der Waals surface area contributed by atoms with Crippen LogP contribution in [0.2, 0.25) is 5.02 Å². The van der Waals surface area contributed by atoms with Crippen molar-refractivity contribution in [3.63, 3.8) is 0 Å². The van der Waals surface area contributed by atoms with Crippen molar-refractivity contribution in [3.8, 4) is 5.75 Å². The van der Waals surface area contributed by atoms with Crippen molar-refractivity contribution in [1.82, 2.24) is 5.32 Å². The van der Waals surface area contributed by atoms with Crippen LogP contribution in [0.5, 0.6) is 5.75 Å². The first-order valence-corrected chi connectivity index (χ1v) is 6.31. The van der Waals surface area contributed by atoms with Crippen molar-refractivity contribution in [2.24, 2.45) is 0 Å². The summed E-state index contributed by atoms with van der Waals surface area (Å²) in [6.07, 6.45) is 0.184. The van der Waals surface area contributed by atoms with Crippen LogP contribution in [-0.4, -0.2) is 43.3 Å². The van der Waals surface area contributed by atoms with Gasteiger partial charge in [-0.15, -0.1) is 0 Å². The molecular weight excluding hydrogens is 286 g/mol. The number of carboxylic acids is 1. The summed E-state index contributed by atoms with van der Waals surface area (Å²) in [5, 5.41) is 11.7. The highest BCUT2D eigenvalue weighted by molar-refractivity contribution is 6.32. The van der Waals surface area contributed by atoms with E-state index in [0.717, 1.165) is 0 Å². The van der Waals surface area contributed by atoms with Crippen molar-refractivity contribution in [3.05, 3.63) is 29.3 Å². The van der Waals surface area contributed by atoms with E-state index < -0.39 is 17.9 Å². The quantitative estimate of drug-likeness (QED) is 0.756. The van der Waals surface area contributed by atoms with Crippen LogP contribution < -0.4 is 10.1 Å².